The highest BCUT2D eigenvalue weighted by atomic mass is 14.3. The molecule has 0 spiro atoms. The van der Waals surface area contributed by atoms with E-state index in [1.54, 1.807) is 0 Å². The first-order chi connectivity index (χ1) is 5.39. The summed E-state index contributed by atoms with van der Waals surface area (Å²) in [6.45, 7) is 20.4. The maximum Gasteiger partial charge on any atom is 0.0311 e. The standard InChI is InChI=1S/C12H20/c1-8-12(9(2)3,10(4)5)11(6)7/h2,4,6,8H2,1,3,5,7H3. The topological polar surface area (TPSA) is 0 Å². The van der Waals surface area contributed by atoms with Gasteiger partial charge in [0.05, 0.1) is 0 Å². The molecule has 0 N–H and O–H groups in total. The molecule has 0 aromatic carbocycles. The van der Waals surface area contributed by atoms with Crippen LogP contribution in [0.25, 0.3) is 0 Å². The second-order valence-corrected chi connectivity index (χ2v) is 3.60. The van der Waals surface area contributed by atoms with E-state index in [9.17, 15) is 0 Å². The molecule has 0 bridgehead atoms. The van der Waals surface area contributed by atoms with E-state index >= 15 is 0 Å². The molecule has 0 saturated heterocycles. The van der Waals surface area contributed by atoms with Crippen LogP contribution in [0.1, 0.15) is 34.1 Å². The van der Waals surface area contributed by atoms with E-state index in [1.165, 1.54) is 0 Å². The third-order valence-corrected chi connectivity index (χ3v) is 2.72. The molecule has 0 amide bonds. The fourth-order valence-electron chi connectivity index (χ4n) is 2.00. The lowest BCUT2D eigenvalue weighted by atomic mass is 9.69. The van der Waals surface area contributed by atoms with Gasteiger partial charge in [-0.3, -0.25) is 0 Å². The fourth-order valence-corrected chi connectivity index (χ4v) is 2.00. The highest BCUT2D eigenvalue weighted by Gasteiger charge is 2.30. The number of allylic oxidation sites excluding steroid dienone is 3. The maximum atomic E-state index is 4.02. The number of hydrogen-bond acceptors (Lipinski definition) is 0. The molecule has 0 aliphatic rings. The average Bonchev–Trinajstić information content (AvgIpc) is 1.86. The molecule has 0 heterocycles. The molecule has 0 aromatic rings. The normalized spacial score (nSPS) is 11.0. The molecule has 68 valence electrons. The van der Waals surface area contributed by atoms with Crippen molar-refractivity contribution in [1.82, 2.24) is 0 Å². The molecular formula is C12H20. The van der Waals surface area contributed by atoms with Crippen molar-refractivity contribution in [3.63, 3.8) is 0 Å². The summed E-state index contributed by atoms with van der Waals surface area (Å²) in [7, 11) is 0. The summed E-state index contributed by atoms with van der Waals surface area (Å²) in [5.41, 5.74) is 3.39. The lowest BCUT2D eigenvalue weighted by Crippen LogP contribution is -2.23. The summed E-state index contributed by atoms with van der Waals surface area (Å²) in [6, 6.07) is 0. The van der Waals surface area contributed by atoms with Gasteiger partial charge in [-0.05, 0) is 27.2 Å². The minimum absolute atomic E-state index is 0.0417. The van der Waals surface area contributed by atoms with Gasteiger partial charge >= 0.3 is 0 Å². The van der Waals surface area contributed by atoms with Crippen LogP contribution in [0.3, 0.4) is 0 Å². The Bertz CT molecular complexity index is 182. The third kappa shape index (κ3) is 1.52. The van der Waals surface area contributed by atoms with Crippen LogP contribution < -0.4 is 0 Å². The number of rotatable bonds is 4. The lowest BCUT2D eigenvalue weighted by Gasteiger charge is -2.35. The van der Waals surface area contributed by atoms with Crippen LogP contribution in [0.4, 0.5) is 0 Å². The number of hydrogen-bond donors (Lipinski definition) is 0. The molecule has 0 fully saturated rings. The summed E-state index contributed by atoms with van der Waals surface area (Å²) >= 11 is 0. The summed E-state index contributed by atoms with van der Waals surface area (Å²) in [4.78, 5) is 0. The van der Waals surface area contributed by atoms with Gasteiger partial charge in [-0.25, -0.2) is 0 Å². The Balaban J connectivity index is 5.19. The molecule has 0 radical (unpaired) electrons. The first kappa shape index (κ1) is 11.2. The summed E-state index contributed by atoms with van der Waals surface area (Å²) in [5.74, 6) is 0. The average molecular weight is 164 g/mol. The van der Waals surface area contributed by atoms with Gasteiger partial charge in [0.1, 0.15) is 0 Å². The van der Waals surface area contributed by atoms with Gasteiger partial charge < -0.3 is 0 Å². The molecule has 0 aromatic heterocycles. The Kier molecular flexibility index (Phi) is 3.51. The van der Waals surface area contributed by atoms with Crippen molar-refractivity contribution in [3.05, 3.63) is 36.5 Å². The van der Waals surface area contributed by atoms with Crippen molar-refractivity contribution in [2.75, 3.05) is 0 Å². The molecule has 0 nitrogen and oxygen atoms in total. The zero-order valence-electron chi connectivity index (χ0n) is 8.83. The minimum Gasteiger partial charge on any atom is -0.0989 e. The van der Waals surface area contributed by atoms with Gasteiger partial charge in [-0.2, -0.15) is 0 Å². The Morgan fingerprint density at radius 2 is 1.17 bits per heavy atom. The Morgan fingerprint density at radius 3 is 1.17 bits per heavy atom. The Labute approximate surface area is 76.7 Å². The molecule has 12 heavy (non-hydrogen) atoms. The second kappa shape index (κ2) is 3.75. The van der Waals surface area contributed by atoms with E-state index in [-0.39, 0.29) is 5.41 Å². The van der Waals surface area contributed by atoms with Crippen molar-refractivity contribution >= 4 is 0 Å². The molecule has 0 heteroatoms. The van der Waals surface area contributed by atoms with Crippen LogP contribution in [0, 0.1) is 5.41 Å². The minimum atomic E-state index is -0.0417. The predicted octanol–water partition coefficient (Wildman–Crippen LogP) is 4.11. The molecule has 0 aliphatic heterocycles. The maximum absolute atomic E-state index is 4.02. The molecule has 0 aliphatic carbocycles. The highest BCUT2D eigenvalue weighted by molar-refractivity contribution is 5.34. The van der Waals surface area contributed by atoms with Crippen LogP contribution in [0.15, 0.2) is 36.5 Å². The van der Waals surface area contributed by atoms with Gasteiger partial charge in [0.15, 0.2) is 0 Å². The highest BCUT2D eigenvalue weighted by Crippen LogP contribution is 2.42. The quantitative estimate of drug-likeness (QED) is 0.548. The van der Waals surface area contributed by atoms with Gasteiger partial charge in [0, 0.05) is 5.41 Å². The van der Waals surface area contributed by atoms with Gasteiger partial charge in [-0.1, -0.05) is 43.4 Å². The molecule has 0 rings (SSSR count). The van der Waals surface area contributed by atoms with Crippen LogP contribution in [-0.4, -0.2) is 0 Å². The second-order valence-electron chi connectivity index (χ2n) is 3.60. The summed E-state index contributed by atoms with van der Waals surface area (Å²) in [5, 5.41) is 0. The van der Waals surface area contributed by atoms with Crippen molar-refractivity contribution < 1.29 is 0 Å². The van der Waals surface area contributed by atoms with E-state index < -0.39 is 0 Å². The molecule has 0 saturated carbocycles. The van der Waals surface area contributed by atoms with Crippen molar-refractivity contribution in [2.24, 2.45) is 5.41 Å². The van der Waals surface area contributed by atoms with Crippen LogP contribution >= 0.6 is 0 Å². The smallest absolute Gasteiger partial charge is 0.0311 e. The molecular weight excluding hydrogens is 144 g/mol. The third-order valence-electron chi connectivity index (χ3n) is 2.72. The van der Waals surface area contributed by atoms with E-state index in [2.05, 4.69) is 26.7 Å². The van der Waals surface area contributed by atoms with Crippen LogP contribution in [-0.2, 0) is 0 Å². The van der Waals surface area contributed by atoms with E-state index in [0.717, 1.165) is 23.1 Å². The van der Waals surface area contributed by atoms with Gasteiger partial charge in [-0.15, -0.1) is 0 Å². The summed E-state index contributed by atoms with van der Waals surface area (Å²) < 4.78 is 0. The largest absolute Gasteiger partial charge is 0.0989 e. The van der Waals surface area contributed by atoms with Crippen LogP contribution in [0.2, 0.25) is 0 Å². The van der Waals surface area contributed by atoms with Crippen molar-refractivity contribution in [1.29, 1.82) is 0 Å². The van der Waals surface area contributed by atoms with Gasteiger partial charge in [0.25, 0.3) is 0 Å². The van der Waals surface area contributed by atoms with Crippen LogP contribution in [0.5, 0.6) is 0 Å². The Morgan fingerprint density at radius 1 is 0.917 bits per heavy atom. The lowest BCUT2D eigenvalue weighted by molar-refractivity contribution is 0.497. The first-order valence-electron chi connectivity index (χ1n) is 4.37. The Hall–Kier alpha value is -0.780. The van der Waals surface area contributed by atoms with Crippen molar-refractivity contribution in [2.45, 2.75) is 34.1 Å². The monoisotopic (exact) mass is 164 g/mol. The van der Waals surface area contributed by atoms with Gasteiger partial charge in [0.2, 0.25) is 0 Å². The SMILES string of the molecule is C=C(C)C(CC)(C(=C)C)C(=C)C. The van der Waals surface area contributed by atoms with E-state index in [0.29, 0.717) is 0 Å². The molecule has 0 unspecified atom stereocenters. The molecule has 0 atom stereocenters. The fraction of sp³-hybridized carbons (Fsp3) is 0.500. The first-order valence-corrected chi connectivity index (χ1v) is 4.37. The van der Waals surface area contributed by atoms with Crippen molar-refractivity contribution in [3.8, 4) is 0 Å². The zero-order valence-corrected chi connectivity index (χ0v) is 8.83. The zero-order chi connectivity index (χ0) is 9.94. The summed E-state index contributed by atoms with van der Waals surface area (Å²) in [6.07, 6.45) is 1.01. The van der Waals surface area contributed by atoms with E-state index in [1.807, 2.05) is 20.8 Å². The predicted molar refractivity (Wildman–Crippen MR) is 57.2 cm³/mol. The van der Waals surface area contributed by atoms with E-state index in [4.69, 9.17) is 0 Å².